The van der Waals surface area contributed by atoms with Crippen molar-refractivity contribution in [1.29, 1.82) is 0 Å². The van der Waals surface area contributed by atoms with E-state index in [1.807, 2.05) is 24.3 Å². The number of aryl methyl sites for hydroxylation is 1. The highest BCUT2D eigenvalue weighted by molar-refractivity contribution is 5.98. The Hall–Kier alpha value is -4.57. The molecule has 1 aliphatic carbocycles. The van der Waals surface area contributed by atoms with Crippen LogP contribution in [0.2, 0.25) is 0 Å². The zero-order valence-electron chi connectivity index (χ0n) is 19.7. The van der Waals surface area contributed by atoms with Crippen LogP contribution in [0.5, 0.6) is 5.75 Å². The molecule has 4 nitrogen and oxygen atoms in total. The number of fused-ring (bicyclic) bond motifs is 8. The van der Waals surface area contributed by atoms with Crippen LogP contribution in [0.4, 0.5) is 0 Å². The number of nitrogens with zero attached hydrogens (tertiary/aromatic N) is 2. The predicted molar refractivity (Wildman–Crippen MR) is 143 cm³/mol. The maximum Gasteiger partial charge on any atom is 0.138 e. The van der Waals surface area contributed by atoms with Gasteiger partial charge in [0.15, 0.2) is 0 Å². The molecule has 2 atom stereocenters. The molecule has 0 radical (unpaired) electrons. The van der Waals surface area contributed by atoms with Crippen LogP contribution in [-0.4, -0.2) is 15.7 Å². The molecule has 0 spiro atoms. The number of benzene rings is 4. The van der Waals surface area contributed by atoms with Crippen LogP contribution in [0.3, 0.4) is 0 Å². The van der Waals surface area contributed by atoms with E-state index in [9.17, 15) is 0 Å². The van der Waals surface area contributed by atoms with Crippen molar-refractivity contribution >= 4 is 33.7 Å². The van der Waals surface area contributed by atoms with Crippen molar-refractivity contribution in [2.75, 3.05) is 0 Å². The highest BCUT2D eigenvalue weighted by Crippen LogP contribution is 2.52. The first-order chi connectivity index (χ1) is 17.8. The standard InChI is InChI=1S/C32H22N2O2/c1-19-33-26-10-4-5-11-27(26)34(19)21-16-14-20(15-17-21)24-18-25-22-8-2-6-12-28(22)35-32(25)30-23-9-3-7-13-29(23)36-31(24)30/h2-18,30-31H,1H3. The van der Waals surface area contributed by atoms with Gasteiger partial charge < -0.3 is 9.15 Å². The third-order valence-corrected chi connectivity index (χ3v) is 7.55. The minimum absolute atomic E-state index is 0.0307. The third-order valence-electron chi connectivity index (χ3n) is 7.55. The van der Waals surface area contributed by atoms with Crippen LogP contribution in [0.1, 0.15) is 34.2 Å². The largest absolute Gasteiger partial charge is 0.484 e. The van der Waals surface area contributed by atoms with Gasteiger partial charge in [-0.3, -0.25) is 4.57 Å². The lowest BCUT2D eigenvalue weighted by atomic mass is 9.80. The first kappa shape index (κ1) is 19.7. The van der Waals surface area contributed by atoms with Gasteiger partial charge in [0.1, 0.15) is 29.0 Å². The summed E-state index contributed by atoms with van der Waals surface area (Å²) in [4.78, 5) is 4.74. The molecule has 2 aliphatic rings. The third kappa shape index (κ3) is 2.67. The Kier molecular flexibility index (Phi) is 3.95. The molecular formula is C32H22N2O2. The molecule has 0 bridgehead atoms. The maximum absolute atomic E-state index is 6.57. The van der Waals surface area contributed by atoms with E-state index in [0.29, 0.717) is 0 Å². The van der Waals surface area contributed by atoms with E-state index in [0.717, 1.165) is 56.2 Å². The molecule has 8 rings (SSSR count). The molecule has 0 fully saturated rings. The number of hydrogen-bond acceptors (Lipinski definition) is 3. The zero-order chi connectivity index (χ0) is 23.8. The van der Waals surface area contributed by atoms with Crippen molar-refractivity contribution in [2.45, 2.75) is 18.9 Å². The van der Waals surface area contributed by atoms with Gasteiger partial charge in [-0.05, 0) is 55.0 Å². The van der Waals surface area contributed by atoms with Crippen LogP contribution >= 0.6 is 0 Å². The van der Waals surface area contributed by atoms with Crippen LogP contribution < -0.4 is 4.74 Å². The minimum atomic E-state index is -0.128. The Balaban J connectivity index is 1.29. The number of ether oxygens (including phenoxy) is 1. The number of furan rings is 1. The van der Waals surface area contributed by atoms with E-state index in [1.165, 1.54) is 11.1 Å². The summed E-state index contributed by atoms with van der Waals surface area (Å²) in [6.45, 7) is 2.05. The minimum Gasteiger partial charge on any atom is -0.484 e. The van der Waals surface area contributed by atoms with Gasteiger partial charge in [-0.2, -0.15) is 0 Å². The van der Waals surface area contributed by atoms with Crippen molar-refractivity contribution in [1.82, 2.24) is 9.55 Å². The zero-order valence-corrected chi connectivity index (χ0v) is 19.7. The van der Waals surface area contributed by atoms with Gasteiger partial charge in [0.2, 0.25) is 0 Å². The second kappa shape index (κ2) is 7.22. The molecule has 0 saturated heterocycles. The van der Waals surface area contributed by atoms with Crippen molar-refractivity contribution in [2.24, 2.45) is 0 Å². The summed E-state index contributed by atoms with van der Waals surface area (Å²) in [5, 5.41) is 1.14. The fourth-order valence-corrected chi connectivity index (χ4v) is 5.96. The molecule has 0 saturated carbocycles. The molecule has 0 N–H and O–H groups in total. The lowest BCUT2D eigenvalue weighted by Crippen LogP contribution is -2.24. The molecule has 172 valence electrons. The van der Waals surface area contributed by atoms with Crippen LogP contribution in [0, 0.1) is 6.92 Å². The quantitative estimate of drug-likeness (QED) is 0.265. The molecular weight excluding hydrogens is 444 g/mol. The predicted octanol–water partition coefficient (Wildman–Crippen LogP) is 7.53. The molecule has 4 aromatic carbocycles. The highest BCUT2D eigenvalue weighted by Gasteiger charge is 2.44. The van der Waals surface area contributed by atoms with Crippen LogP contribution in [0.15, 0.2) is 101 Å². The second-order valence-corrected chi connectivity index (χ2v) is 9.56. The van der Waals surface area contributed by atoms with E-state index < -0.39 is 0 Å². The summed E-state index contributed by atoms with van der Waals surface area (Å²) >= 11 is 0. The Morgan fingerprint density at radius 2 is 1.58 bits per heavy atom. The van der Waals surface area contributed by atoms with Crippen molar-refractivity contribution < 1.29 is 9.15 Å². The summed E-state index contributed by atoms with van der Waals surface area (Å²) in [7, 11) is 0. The SMILES string of the molecule is Cc1nc2ccccc2n1-c1ccc(C2=Cc3c(oc4ccccc34)C3c4ccccc4OC23)cc1. The van der Waals surface area contributed by atoms with Gasteiger partial charge in [-0.25, -0.2) is 4.98 Å². The van der Waals surface area contributed by atoms with E-state index in [4.69, 9.17) is 14.1 Å². The summed E-state index contributed by atoms with van der Waals surface area (Å²) in [6.07, 6.45) is 2.14. The summed E-state index contributed by atoms with van der Waals surface area (Å²) in [6, 6.07) is 33.6. The topological polar surface area (TPSA) is 40.2 Å². The Morgan fingerprint density at radius 3 is 2.50 bits per heavy atom. The number of aromatic nitrogens is 2. The van der Waals surface area contributed by atoms with Gasteiger partial charge in [0.25, 0.3) is 0 Å². The normalized spacial score (nSPS) is 18.0. The average molecular weight is 467 g/mol. The molecule has 2 aromatic heterocycles. The first-order valence-corrected chi connectivity index (χ1v) is 12.3. The number of imidazole rings is 1. The van der Waals surface area contributed by atoms with Gasteiger partial charge in [0, 0.05) is 27.8 Å². The molecule has 4 heteroatoms. The Labute approximate surface area is 208 Å². The number of para-hydroxylation sites is 4. The fraction of sp³-hybridized carbons (Fsp3) is 0.0938. The number of hydrogen-bond donors (Lipinski definition) is 0. The fourth-order valence-electron chi connectivity index (χ4n) is 5.96. The first-order valence-electron chi connectivity index (χ1n) is 12.3. The summed E-state index contributed by atoms with van der Waals surface area (Å²) in [5.74, 6) is 2.93. The van der Waals surface area contributed by atoms with E-state index in [-0.39, 0.29) is 12.0 Å². The van der Waals surface area contributed by atoms with Gasteiger partial charge in [-0.1, -0.05) is 60.7 Å². The van der Waals surface area contributed by atoms with Gasteiger partial charge in [0.05, 0.1) is 17.0 Å². The van der Waals surface area contributed by atoms with E-state index in [2.05, 4.69) is 90.4 Å². The summed E-state index contributed by atoms with van der Waals surface area (Å²) < 4.78 is 15.2. The second-order valence-electron chi connectivity index (χ2n) is 9.56. The average Bonchev–Trinajstić information content (AvgIpc) is 3.58. The van der Waals surface area contributed by atoms with Gasteiger partial charge in [-0.15, -0.1) is 0 Å². The van der Waals surface area contributed by atoms with Crippen LogP contribution in [0.25, 0.3) is 39.3 Å². The Bertz CT molecular complexity index is 1840. The molecule has 36 heavy (non-hydrogen) atoms. The van der Waals surface area contributed by atoms with Crippen molar-refractivity contribution in [3.05, 3.63) is 125 Å². The van der Waals surface area contributed by atoms with Crippen molar-refractivity contribution in [3.63, 3.8) is 0 Å². The maximum atomic E-state index is 6.57. The number of rotatable bonds is 2. The van der Waals surface area contributed by atoms with E-state index >= 15 is 0 Å². The molecule has 3 heterocycles. The summed E-state index contributed by atoms with van der Waals surface area (Å²) in [5.41, 5.74) is 8.81. The van der Waals surface area contributed by atoms with Gasteiger partial charge >= 0.3 is 0 Å². The lowest BCUT2D eigenvalue weighted by Gasteiger charge is -2.26. The molecule has 1 aliphatic heterocycles. The lowest BCUT2D eigenvalue weighted by molar-refractivity contribution is 0.265. The molecule has 2 unspecified atom stereocenters. The molecule has 0 amide bonds. The monoisotopic (exact) mass is 466 g/mol. The highest BCUT2D eigenvalue weighted by atomic mass is 16.5. The van der Waals surface area contributed by atoms with Crippen molar-refractivity contribution in [3.8, 4) is 11.4 Å². The Morgan fingerprint density at radius 1 is 0.806 bits per heavy atom. The molecule has 6 aromatic rings. The van der Waals surface area contributed by atoms with E-state index in [1.54, 1.807) is 0 Å². The smallest absolute Gasteiger partial charge is 0.138 e. The van der Waals surface area contributed by atoms with Crippen LogP contribution in [-0.2, 0) is 0 Å².